The van der Waals surface area contributed by atoms with Crippen LogP contribution in [0.3, 0.4) is 0 Å². The molecule has 0 amide bonds. The van der Waals surface area contributed by atoms with Crippen molar-refractivity contribution in [1.29, 1.82) is 0 Å². The summed E-state index contributed by atoms with van der Waals surface area (Å²) in [5.74, 6) is -0.0703. The average Bonchev–Trinajstić information content (AvgIpc) is 2.49. The lowest BCUT2D eigenvalue weighted by atomic mass is 10.0. The van der Waals surface area contributed by atoms with Crippen molar-refractivity contribution in [2.45, 2.75) is 27.2 Å². The number of carbonyl (C=O) groups excluding carboxylic acids is 1. The maximum Gasteiger partial charge on any atom is 0.271 e. The average molecular weight is 297 g/mol. The lowest BCUT2D eigenvalue weighted by molar-refractivity contribution is -0.112. The Bertz CT molecular complexity index is 761. The number of pyridine rings is 2. The standard InChI is InChI=1S/C17H19N3O2/c1-4-15-14(13-6-5-7-18-10-13)9-16(17(22)20-15)19-11(2)8-12(3)21/h5-10,19H,4H2,1-3H3,(H,20,22). The summed E-state index contributed by atoms with van der Waals surface area (Å²) in [7, 11) is 0. The normalized spacial score (nSPS) is 11.3. The van der Waals surface area contributed by atoms with Gasteiger partial charge in [-0.1, -0.05) is 13.0 Å². The van der Waals surface area contributed by atoms with E-state index in [0.717, 1.165) is 16.8 Å². The number of nitrogens with zero attached hydrogens (tertiary/aromatic N) is 1. The van der Waals surface area contributed by atoms with Gasteiger partial charge in [0.05, 0.1) is 0 Å². The van der Waals surface area contributed by atoms with Gasteiger partial charge in [0.25, 0.3) is 5.56 Å². The SMILES string of the molecule is CCc1[nH]c(=O)c(NC(C)=CC(C)=O)cc1-c1cccnc1. The molecule has 5 heteroatoms. The fourth-order valence-corrected chi connectivity index (χ4v) is 2.27. The largest absolute Gasteiger partial charge is 0.355 e. The smallest absolute Gasteiger partial charge is 0.271 e. The topological polar surface area (TPSA) is 74.8 Å². The number of nitrogens with one attached hydrogen (secondary N) is 2. The number of aromatic nitrogens is 2. The molecule has 0 atom stereocenters. The van der Waals surface area contributed by atoms with Crippen molar-refractivity contribution >= 4 is 11.5 Å². The Labute approximate surface area is 129 Å². The highest BCUT2D eigenvalue weighted by molar-refractivity contribution is 5.88. The van der Waals surface area contributed by atoms with E-state index in [2.05, 4.69) is 15.3 Å². The number of allylic oxidation sites excluding steroid dienone is 2. The summed E-state index contributed by atoms with van der Waals surface area (Å²) >= 11 is 0. The fourth-order valence-electron chi connectivity index (χ4n) is 2.27. The zero-order chi connectivity index (χ0) is 16.1. The van der Waals surface area contributed by atoms with E-state index in [-0.39, 0.29) is 11.3 Å². The third-order valence-electron chi connectivity index (χ3n) is 3.20. The van der Waals surface area contributed by atoms with Crippen LogP contribution in [0, 0.1) is 0 Å². The first-order chi connectivity index (χ1) is 10.5. The molecule has 2 N–H and O–H groups in total. The summed E-state index contributed by atoms with van der Waals surface area (Å²) in [6, 6.07) is 5.60. The molecule has 2 heterocycles. The first-order valence-corrected chi connectivity index (χ1v) is 7.13. The number of H-pyrrole nitrogens is 1. The van der Waals surface area contributed by atoms with Crippen molar-refractivity contribution in [3.8, 4) is 11.1 Å². The van der Waals surface area contributed by atoms with Crippen molar-refractivity contribution in [2.24, 2.45) is 0 Å². The van der Waals surface area contributed by atoms with Crippen LogP contribution in [0.5, 0.6) is 0 Å². The van der Waals surface area contributed by atoms with Crippen molar-refractivity contribution in [1.82, 2.24) is 9.97 Å². The molecule has 2 aromatic heterocycles. The van der Waals surface area contributed by atoms with Gasteiger partial charge in [-0.15, -0.1) is 0 Å². The minimum Gasteiger partial charge on any atom is -0.355 e. The zero-order valence-electron chi connectivity index (χ0n) is 12.9. The molecular weight excluding hydrogens is 278 g/mol. The first kappa shape index (κ1) is 15.7. The third kappa shape index (κ3) is 3.69. The molecule has 0 aliphatic heterocycles. The molecule has 5 nitrogen and oxygen atoms in total. The van der Waals surface area contributed by atoms with Crippen molar-refractivity contribution in [2.75, 3.05) is 5.32 Å². The highest BCUT2D eigenvalue weighted by Crippen LogP contribution is 2.23. The van der Waals surface area contributed by atoms with Gasteiger partial charge in [0.2, 0.25) is 0 Å². The lowest BCUT2D eigenvalue weighted by Crippen LogP contribution is -2.16. The number of aryl methyl sites for hydroxylation is 1. The minimum atomic E-state index is -0.208. The molecule has 0 bridgehead atoms. The van der Waals surface area contributed by atoms with Gasteiger partial charge in [0, 0.05) is 34.9 Å². The fraction of sp³-hybridized carbons (Fsp3) is 0.235. The van der Waals surface area contributed by atoms with Gasteiger partial charge in [-0.25, -0.2) is 0 Å². The zero-order valence-corrected chi connectivity index (χ0v) is 12.9. The van der Waals surface area contributed by atoms with Crippen LogP contribution < -0.4 is 10.9 Å². The van der Waals surface area contributed by atoms with Crippen LogP contribution >= 0.6 is 0 Å². The van der Waals surface area contributed by atoms with E-state index in [1.807, 2.05) is 19.1 Å². The highest BCUT2D eigenvalue weighted by Gasteiger charge is 2.10. The van der Waals surface area contributed by atoms with E-state index < -0.39 is 0 Å². The monoisotopic (exact) mass is 297 g/mol. The van der Waals surface area contributed by atoms with E-state index in [0.29, 0.717) is 17.8 Å². The quantitative estimate of drug-likeness (QED) is 0.832. The second-order valence-corrected chi connectivity index (χ2v) is 5.06. The van der Waals surface area contributed by atoms with Gasteiger partial charge in [0.15, 0.2) is 5.78 Å². The molecule has 0 aliphatic rings. The molecule has 0 aliphatic carbocycles. The van der Waals surface area contributed by atoms with E-state index in [1.54, 1.807) is 25.4 Å². The minimum absolute atomic E-state index is 0.0703. The number of carbonyl (C=O) groups is 1. The summed E-state index contributed by atoms with van der Waals surface area (Å²) in [4.78, 5) is 30.3. The van der Waals surface area contributed by atoms with E-state index in [1.165, 1.54) is 13.0 Å². The highest BCUT2D eigenvalue weighted by atomic mass is 16.1. The third-order valence-corrected chi connectivity index (χ3v) is 3.20. The van der Waals surface area contributed by atoms with Gasteiger partial charge in [-0.05, 0) is 38.5 Å². The second kappa shape index (κ2) is 6.85. The van der Waals surface area contributed by atoms with Crippen molar-refractivity contribution in [3.05, 3.63) is 58.4 Å². The molecule has 0 saturated heterocycles. The molecule has 2 rings (SSSR count). The Morgan fingerprint density at radius 3 is 2.77 bits per heavy atom. The summed E-state index contributed by atoms with van der Waals surface area (Å²) in [5.41, 5.74) is 3.54. The van der Waals surface area contributed by atoms with Gasteiger partial charge >= 0.3 is 0 Å². The molecule has 0 saturated carbocycles. The molecular formula is C17H19N3O2. The summed E-state index contributed by atoms with van der Waals surface area (Å²) in [6.45, 7) is 5.20. The maximum atomic E-state index is 12.2. The molecule has 22 heavy (non-hydrogen) atoms. The van der Waals surface area contributed by atoms with Crippen LogP contribution in [0.1, 0.15) is 26.5 Å². The first-order valence-electron chi connectivity index (χ1n) is 7.13. The number of hydrogen-bond acceptors (Lipinski definition) is 4. The predicted octanol–water partition coefficient (Wildman–Crippen LogP) is 2.90. The van der Waals surface area contributed by atoms with E-state index in [9.17, 15) is 9.59 Å². The van der Waals surface area contributed by atoms with E-state index >= 15 is 0 Å². The van der Waals surface area contributed by atoms with Crippen molar-refractivity contribution < 1.29 is 4.79 Å². The van der Waals surface area contributed by atoms with Crippen LogP contribution in [-0.4, -0.2) is 15.8 Å². The number of aromatic amines is 1. The van der Waals surface area contributed by atoms with Crippen molar-refractivity contribution in [3.63, 3.8) is 0 Å². The summed E-state index contributed by atoms with van der Waals surface area (Å²) in [5, 5.41) is 2.98. The molecule has 2 aromatic rings. The Morgan fingerprint density at radius 2 is 2.18 bits per heavy atom. The molecule has 0 unspecified atom stereocenters. The Balaban J connectivity index is 2.49. The molecule has 0 fully saturated rings. The van der Waals surface area contributed by atoms with Gasteiger partial charge < -0.3 is 10.3 Å². The van der Waals surface area contributed by atoms with Gasteiger partial charge in [-0.2, -0.15) is 0 Å². The summed E-state index contributed by atoms with van der Waals surface area (Å²) in [6.07, 6.45) is 5.63. The van der Waals surface area contributed by atoms with Crippen LogP contribution in [0.15, 0.2) is 47.2 Å². The predicted molar refractivity (Wildman–Crippen MR) is 87.7 cm³/mol. The number of ketones is 1. The summed E-state index contributed by atoms with van der Waals surface area (Å²) < 4.78 is 0. The molecule has 0 radical (unpaired) electrons. The lowest BCUT2D eigenvalue weighted by Gasteiger charge is -2.12. The number of anilines is 1. The van der Waals surface area contributed by atoms with Gasteiger partial charge in [0.1, 0.15) is 5.69 Å². The maximum absolute atomic E-state index is 12.2. The van der Waals surface area contributed by atoms with Crippen LogP contribution in [0.4, 0.5) is 5.69 Å². The Kier molecular flexibility index (Phi) is 4.88. The Morgan fingerprint density at radius 1 is 1.41 bits per heavy atom. The molecule has 114 valence electrons. The number of rotatable bonds is 5. The van der Waals surface area contributed by atoms with Crippen LogP contribution in [-0.2, 0) is 11.2 Å². The molecule has 0 spiro atoms. The number of hydrogen-bond donors (Lipinski definition) is 2. The van der Waals surface area contributed by atoms with E-state index in [4.69, 9.17) is 0 Å². The van der Waals surface area contributed by atoms with Gasteiger partial charge in [-0.3, -0.25) is 14.6 Å². The molecule has 0 aromatic carbocycles. The van der Waals surface area contributed by atoms with Crippen LogP contribution in [0.2, 0.25) is 0 Å². The van der Waals surface area contributed by atoms with Crippen LogP contribution in [0.25, 0.3) is 11.1 Å². The Hall–Kier alpha value is -2.69. The second-order valence-electron chi connectivity index (χ2n) is 5.06.